The van der Waals surface area contributed by atoms with E-state index < -0.39 is 0 Å². The Morgan fingerprint density at radius 2 is 1.60 bits per heavy atom. The third-order valence-electron chi connectivity index (χ3n) is 3.69. The van der Waals surface area contributed by atoms with E-state index in [1.807, 2.05) is 0 Å². The number of carbonyl (C=O) groups excluding carboxylic acids is 2. The first-order chi connectivity index (χ1) is 9.66. The lowest BCUT2D eigenvalue weighted by Gasteiger charge is -2.20. The van der Waals surface area contributed by atoms with Gasteiger partial charge in [-0.2, -0.15) is 0 Å². The standard InChI is InChI=1S/C17H21NO2/c1-3-4-5-8-11-18-15-12(2)16(19)13-9-6-7-10-14(13)17(15)20/h6-7,9-10,18H,3-5,8,11H2,1-2H3. The Kier molecular flexibility index (Phi) is 4.72. The van der Waals surface area contributed by atoms with Crippen LogP contribution in [0, 0.1) is 0 Å². The number of unbranched alkanes of at least 4 members (excludes halogenated alkanes) is 3. The molecule has 1 aromatic rings. The van der Waals surface area contributed by atoms with Gasteiger partial charge in [-0.3, -0.25) is 9.59 Å². The number of carbonyl (C=O) groups is 2. The monoisotopic (exact) mass is 271 g/mol. The summed E-state index contributed by atoms with van der Waals surface area (Å²) in [6.45, 7) is 4.64. The van der Waals surface area contributed by atoms with Gasteiger partial charge in [0, 0.05) is 23.2 Å². The highest BCUT2D eigenvalue weighted by Crippen LogP contribution is 2.24. The zero-order valence-corrected chi connectivity index (χ0v) is 12.2. The highest BCUT2D eigenvalue weighted by Gasteiger charge is 2.29. The molecular formula is C17H21NO2. The van der Waals surface area contributed by atoms with Gasteiger partial charge >= 0.3 is 0 Å². The Bertz CT molecular complexity index is 558. The third kappa shape index (κ3) is 2.82. The maximum absolute atomic E-state index is 12.4. The first-order valence-corrected chi connectivity index (χ1v) is 7.30. The predicted octanol–water partition coefficient (Wildman–Crippen LogP) is 3.51. The van der Waals surface area contributed by atoms with Crippen molar-refractivity contribution in [1.82, 2.24) is 5.32 Å². The van der Waals surface area contributed by atoms with Crippen molar-refractivity contribution in [2.45, 2.75) is 39.5 Å². The molecule has 2 rings (SSSR count). The number of hydrogen-bond acceptors (Lipinski definition) is 3. The van der Waals surface area contributed by atoms with E-state index in [1.54, 1.807) is 31.2 Å². The van der Waals surface area contributed by atoms with E-state index in [2.05, 4.69) is 12.2 Å². The number of fused-ring (bicyclic) bond motifs is 1. The van der Waals surface area contributed by atoms with Crippen LogP contribution in [0.25, 0.3) is 0 Å². The molecule has 0 spiro atoms. The van der Waals surface area contributed by atoms with Gasteiger partial charge in [0.05, 0.1) is 5.70 Å². The molecule has 1 aromatic carbocycles. The molecule has 3 heteroatoms. The molecule has 0 radical (unpaired) electrons. The van der Waals surface area contributed by atoms with Crippen molar-refractivity contribution in [3.8, 4) is 0 Å². The zero-order valence-electron chi connectivity index (χ0n) is 12.2. The molecule has 0 amide bonds. The largest absolute Gasteiger partial charge is 0.382 e. The Labute approximate surface area is 120 Å². The zero-order chi connectivity index (χ0) is 14.5. The molecule has 3 nitrogen and oxygen atoms in total. The Morgan fingerprint density at radius 1 is 0.950 bits per heavy atom. The van der Waals surface area contributed by atoms with E-state index in [9.17, 15) is 9.59 Å². The second-order valence-corrected chi connectivity index (χ2v) is 5.19. The fraction of sp³-hybridized carbons (Fsp3) is 0.412. The van der Waals surface area contributed by atoms with E-state index in [1.165, 1.54) is 12.8 Å². The van der Waals surface area contributed by atoms with E-state index in [0.29, 0.717) is 22.4 Å². The number of benzene rings is 1. The minimum absolute atomic E-state index is 0.0451. The summed E-state index contributed by atoms with van der Waals surface area (Å²) in [5, 5.41) is 3.16. The maximum atomic E-state index is 12.4. The fourth-order valence-electron chi connectivity index (χ4n) is 2.48. The number of allylic oxidation sites excluding steroid dienone is 2. The summed E-state index contributed by atoms with van der Waals surface area (Å²) in [6, 6.07) is 7.03. The molecule has 0 aliphatic heterocycles. The SMILES string of the molecule is CCCCCCNC1=C(C)C(=O)c2ccccc2C1=O. The fourth-order valence-corrected chi connectivity index (χ4v) is 2.48. The van der Waals surface area contributed by atoms with E-state index in [4.69, 9.17) is 0 Å². The first kappa shape index (κ1) is 14.5. The quantitative estimate of drug-likeness (QED) is 0.805. The van der Waals surface area contributed by atoms with Gasteiger partial charge in [0.15, 0.2) is 5.78 Å². The highest BCUT2D eigenvalue weighted by atomic mass is 16.1. The maximum Gasteiger partial charge on any atom is 0.209 e. The third-order valence-corrected chi connectivity index (χ3v) is 3.69. The van der Waals surface area contributed by atoms with Gasteiger partial charge in [-0.25, -0.2) is 0 Å². The molecule has 0 heterocycles. The Balaban J connectivity index is 2.11. The number of ketones is 2. The minimum Gasteiger partial charge on any atom is -0.382 e. The van der Waals surface area contributed by atoms with Crippen LogP contribution < -0.4 is 5.32 Å². The predicted molar refractivity (Wildman–Crippen MR) is 79.9 cm³/mol. The molecule has 1 aliphatic rings. The van der Waals surface area contributed by atoms with Crippen LogP contribution in [0.15, 0.2) is 35.5 Å². The lowest BCUT2D eigenvalue weighted by Crippen LogP contribution is -2.30. The molecule has 0 fully saturated rings. The normalized spacial score (nSPS) is 14.5. The lowest BCUT2D eigenvalue weighted by molar-refractivity contribution is 0.0968. The molecule has 1 N–H and O–H groups in total. The number of nitrogens with one attached hydrogen (secondary N) is 1. The summed E-state index contributed by atoms with van der Waals surface area (Å²) in [5.74, 6) is -0.107. The van der Waals surface area contributed by atoms with Crippen molar-refractivity contribution in [1.29, 1.82) is 0 Å². The second kappa shape index (κ2) is 6.51. The minimum atomic E-state index is -0.0619. The summed E-state index contributed by atoms with van der Waals surface area (Å²) in [4.78, 5) is 24.7. The molecule has 0 unspecified atom stereocenters. The molecule has 20 heavy (non-hydrogen) atoms. The smallest absolute Gasteiger partial charge is 0.209 e. The highest BCUT2D eigenvalue weighted by molar-refractivity contribution is 6.26. The van der Waals surface area contributed by atoms with Crippen LogP contribution >= 0.6 is 0 Å². The van der Waals surface area contributed by atoms with Gasteiger partial charge in [0.1, 0.15) is 0 Å². The van der Waals surface area contributed by atoms with Crippen LogP contribution in [-0.2, 0) is 0 Å². The van der Waals surface area contributed by atoms with Gasteiger partial charge in [0.25, 0.3) is 0 Å². The van der Waals surface area contributed by atoms with Crippen LogP contribution in [0.3, 0.4) is 0 Å². The van der Waals surface area contributed by atoms with Crippen LogP contribution in [0.1, 0.15) is 60.2 Å². The van der Waals surface area contributed by atoms with Gasteiger partial charge in [0.2, 0.25) is 5.78 Å². The van der Waals surface area contributed by atoms with E-state index in [-0.39, 0.29) is 11.6 Å². The topological polar surface area (TPSA) is 46.2 Å². The molecule has 0 saturated heterocycles. The second-order valence-electron chi connectivity index (χ2n) is 5.19. The number of Topliss-reactive ketones (excluding diaryl/α,β-unsaturated/α-hetero) is 2. The summed E-state index contributed by atoms with van der Waals surface area (Å²) in [5.41, 5.74) is 2.04. The number of rotatable bonds is 6. The van der Waals surface area contributed by atoms with Crippen molar-refractivity contribution in [2.24, 2.45) is 0 Å². The first-order valence-electron chi connectivity index (χ1n) is 7.30. The Hall–Kier alpha value is -1.90. The summed E-state index contributed by atoms with van der Waals surface area (Å²) in [6.07, 6.45) is 4.56. The van der Waals surface area contributed by atoms with E-state index in [0.717, 1.165) is 19.4 Å². The molecule has 0 aromatic heterocycles. The van der Waals surface area contributed by atoms with Crippen LogP contribution in [0.4, 0.5) is 0 Å². The molecule has 0 atom stereocenters. The summed E-state index contributed by atoms with van der Waals surface area (Å²) in [7, 11) is 0. The molecule has 0 bridgehead atoms. The molecule has 0 saturated carbocycles. The van der Waals surface area contributed by atoms with Gasteiger partial charge in [-0.05, 0) is 13.3 Å². The average Bonchev–Trinajstić information content (AvgIpc) is 2.48. The molecule has 106 valence electrons. The van der Waals surface area contributed by atoms with Crippen molar-refractivity contribution in [3.05, 3.63) is 46.7 Å². The van der Waals surface area contributed by atoms with Gasteiger partial charge in [-0.1, -0.05) is 50.5 Å². The van der Waals surface area contributed by atoms with Crippen LogP contribution in [0.2, 0.25) is 0 Å². The van der Waals surface area contributed by atoms with Crippen molar-refractivity contribution >= 4 is 11.6 Å². The van der Waals surface area contributed by atoms with Crippen LogP contribution in [-0.4, -0.2) is 18.1 Å². The van der Waals surface area contributed by atoms with Gasteiger partial charge < -0.3 is 5.32 Å². The average molecular weight is 271 g/mol. The van der Waals surface area contributed by atoms with E-state index >= 15 is 0 Å². The lowest BCUT2D eigenvalue weighted by atomic mass is 9.88. The van der Waals surface area contributed by atoms with Gasteiger partial charge in [-0.15, -0.1) is 0 Å². The summed E-state index contributed by atoms with van der Waals surface area (Å²) >= 11 is 0. The summed E-state index contributed by atoms with van der Waals surface area (Å²) < 4.78 is 0. The number of hydrogen-bond donors (Lipinski definition) is 1. The van der Waals surface area contributed by atoms with Crippen LogP contribution in [0.5, 0.6) is 0 Å². The van der Waals surface area contributed by atoms with Crippen molar-refractivity contribution < 1.29 is 9.59 Å². The van der Waals surface area contributed by atoms with Crippen molar-refractivity contribution in [3.63, 3.8) is 0 Å². The molecular weight excluding hydrogens is 250 g/mol. The Morgan fingerprint density at radius 3 is 2.25 bits per heavy atom. The van der Waals surface area contributed by atoms with Crippen molar-refractivity contribution in [2.75, 3.05) is 6.54 Å². The molecule has 1 aliphatic carbocycles.